The Balaban J connectivity index is 1.76. The Kier molecular flexibility index (Phi) is 5.91. The van der Waals surface area contributed by atoms with E-state index in [-0.39, 0.29) is 5.88 Å². The number of hydrogen-bond acceptors (Lipinski definition) is 3. The molecule has 0 radical (unpaired) electrons. The Morgan fingerprint density at radius 3 is 2.05 bits per heavy atom. The van der Waals surface area contributed by atoms with Crippen LogP contribution in [0.4, 0.5) is 5.69 Å². The van der Waals surface area contributed by atoms with Gasteiger partial charge in [0.2, 0.25) is 0 Å². The number of rotatable bonds is 7. The van der Waals surface area contributed by atoms with E-state index >= 15 is 0 Å². The third-order valence-corrected chi connectivity index (χ3v) is 2.88. The molecule has 0 saturated carbocycles. The van der Waals surface area contributed by atoms with E-state index in [0.717, 1.165) is 17.2 Å². The summed E-state index contributed by atoms with van der Waals surface area (Å²) in [6.45, 7) is 0.963. The van der Waals surface area contributed by atoms with Gasteiger partial charge in [0.15, 0.2) is 0 Å². The maximum absolute atomic E-state index is 5.58. The summed E-state index contributed by atoms with van der Waals surface area (Å²) in [4.78, 5) is 4.14. The van der Waals surface area contributed by atoms with Crippen molar-refractivity contribution in [2.24, 2.45) is 10.7 Å². The maximum Gasteiger partial charge on any atom is 0.122 e. The van der Waals surface area contributed by atoms with E-state index in [9.17, 15) is 0 Å². The average molecular weight is 305 g/mol. The number of amidine groups is 1. The van der Waals surface area contributed by atoms with E-state index in [2.05, 4.69) is 4.99 Å². The maximum atomic E-state index is 5.58. The Hall–Kier alpha value is -2.20. The van der Waals surface area contributed by atoms with Crippen LogP contribution in [0.15, 0.2) is 59.6 Å². The Bertz CT molecular complexity index is 571. The first kappa shape index (κ1) is 15.2. The molecule has 2 N–H and O–H groups in total. The molecule has 0 saturated heterocycles. The highest BCUT2D eigenvalue weighted by molar-refractivity contribution is 6.28. The molecule has 0 aromatic heterocycles. The minimum Gasteiger partial charge on any atom is -0.490 e. The average Bonchev–Trinajstić information content (AvgIpc) is 2.54. The van der Waals surface area contributed by atoms with Crippen molar-refractivity contribution >= 4 is 23.1 Å². The molecule has 4 nitrogen and oxygen atoms in total. The van der Waals surface area contributed by atoms with Crippen molar-refractivity contribution in [2.45, 2.75) is 0 Å². The number of halogens is 1. The highest BCUT2D eigenvalue weighted by Crippen LogP contribution is 2.18. The van der Waals surface area contributed by atoms with Crippen LogP contribution >= 0.6 is 11.6 Å². The van der Waals surface area contributed by atoms with E-state index in [4.69, 9.17) is 26.8 Å². The highest BCUT2D eigenvalue weighted by atomic mass is 35.5. The molecule has 2 rings (SSSR count). The van der Waals surface area contributed by atoms with Gasteiger partial charge < -0.3 is 15.2 Å². The van der Waals surface area contributed by atoms with Gasteiger partial charge in [-0.2, -0.15) is 0 Å². The van der Waals surface area contributed by atoms with E-state index in [0.29, 0.717) is 19.0 Å². The van der Waals surface area contributed by atoms with Gasteiger partial charge in [-0.05, 0) is 36.4 Å². The normalized spacial score (nSPS) is 11.2. The summed E-state index contributed by atoms with van der Waals surface area (Å²) in [5.41, 5.74) is 6.32. The number of hydrogen-bond donors (Lipinski definition) is 1. The number of aliphatic imine (C=N–C) groups is 1. The first-order valence-corrected chi connectivity index (χ1v) is 7.11. The minimum atomic E-state index is 0.217. The highest BCUT2D eigenvalue weighted by Gasteiger charge is 1.97. The van der Waals surface area contributed by atoms with Crippen LogP contribution in [-0.2, 0) is 0 Å². The van der Waals surface area contributed by atoms with E-state index in [1.165, 1.54) is 0 Å². The summed E-state index contributed by atoms with van der Waals surface area (Å²) in [5.74, 6) is 2.20. The predicted molar refractivity (Wildman–Crippen MR) is 85.9 cm³/mol. The standard InChI is InChI=1S/C16H17ClN2O2/c17-12-16(18)19-13-6-8-15(9-7-13)21-11-10-20-14-4-2-1-3-5-14/h1-9H,10-12H2,(H2,18,19). The van der Waals surface area contributed by atoms with Crippen LogP contribution in [0, 0.1) is 0 Å². The zero-order chi connectivity index (χ0) is 14.9. The molecule has 0 fully saturated rings. The second kappa shape index (κ2) is 8.17. The zero-order valence-electron chi connectivity index (χ0n) is 11.5. The summed E-state index contributed by atoms with van der Waals surface area (Å²) in [5, 5.41) is 0. The first-order valence-electron chi connectivity index (χ1n) is 6.57. The van der Waals surface area contributed by atoms with Gasteiger partial charge in [-0.3, -0.25) is 0 Å². The molecule has 0 unspecified atom stereocenters. The van der Waals surface area contributed by atoms with Crippen LogP contribution < -0.4 is 15.2 Å². The molecule has 0 aliphatic carbocycles. The molecule has 2 aromatic carbocycles. The largest absolute Gasteiger partial charge is 0.490 e. The molecule has 0 aliphatic rings. The summed E-state index contributed by atoms with van der Waals surface area (Å²) in [7, 11) is 0. The molecule has 21 heavy (non-hydrogen) atoms. The Labute approximate surface area is 129 Å². The van der Waals surface area contributed by atoms with E-state index in [1.54, 1.807) is 0 Å². The van der Waals surface area contributed by atoms with Crippen molar-refractivity contribution in [3.63, 3.8) is 0 Å². The van der Waals surface area contributed by atoms with Crippen molar-refractivity contribution in [2.75, 3.05) is 19.1 Å². The molecular formula is C16H17ClN2O2. The van der Waals surface area contributed by atoms with Crippen LogP contribution in [0.5, 0.6) is 11.5 Å². The lowest BCUT2D eigenvalue weighted by Gasteiger charge is -2.08. The second-order valence-corrected chi connectivity index (χ2v) is 4.51. The fourth-order valence-corrected chi connectivity index (χ4v) is 1.71. The van der Waals surface area contributed by atoms with E-state index < -0.39 is 0 Å². The Morgan fingerprint density at radius 2 is 1.48 bits per heavy atom. The van der Waals surface area contributed by atoms with Gasteiger partial charge >= 0.3 is 0 Å². The zero-order valence-corrected chi connectivity index (χ0v) is 12.3. The lowest BCUT2D eigenvalue weighted by Crippen LogP contribution is -2.12. The molecule has 0 bridgehead atoms. The lowest BCUT2D eigenvalue weighted by molar-refractivity contribution is 0.217. The third-order valence-electron chi connectivity index (χ3n) is 2.61. The summed E-state index contributed by atoms with van der Waals surface area (Å²) in [6, 6.07) is 17.0. The van der Waals surface area contributed by atoms with Gasteiger partial charge in [-0.15, -0.1) is 11.6 Å². The smallest absolute Gasteiger partial charge is 0.122 e. The number of nitrogens with zero attached hydrogens (tertiary/aromatic N) is 1. The number of para-hydroxylation sites is 1. The molecule has 110 valence electrons. The lowest BCUT2D eigenvalue weighted by atomic mass is 10.3. The second-order valence-electron chi connectivity index (χ2n) is 4.24. The van der Waals surface area contributed by atoms with Crippen LogP contribution in [0.1, 0.15) is 0 Å². The van der Waals surface area contributed by atoms with Crippen molar-refractivity contribution in [1.29, 1.82) is 0 Å². The number of ether oxygens (including phenoxy) is 2. The van der Waals surface area contributed by atoms with Gasteiger partial charge in [-0.1, -0.05) is 18.2 Å². The molecule has 0 atom stereocenters. The first-order chi connectivity index (χ1) is 10.3. The quantitative estimate of drug-likeness (QED) is 0.369. The molecule has 0 spiro atoms. The van der Waals surface area contributed by atoms with Gasteiger partial charge in [0, 0.05) is 0 Å². The van der Waals surface area contributed by atoms with Crippen molar-refractivity contribution < 1.29 is 9.47 Å². The topological polar surface area (TPSA) is 56.8 Å². The number of nitrogens with two attached hydrogens (primary N) is 1. The molecular weight excluding hydrogens is 288 g/mol. The minimum absolute atomic E-state index is 0.217. The molecule has 0 amide bonds. The number of alkyl halides is 1. The van der Waals surface area contributed by atoms with E-state index in [1.807, 2.05) is 54.6 Å². The molecule has 0 heterocycles. The van der Waals surface area contributed by atoms with Crippen LogP contribution in [0.2, 0.25) is 0 Å². The third kappa shape index (κ3) is 5.36. The fraction of sp³-hybridized carbons (Fsp3) is 0.188. The van der Waals surface area contributed by atoms with Gasteiger partial charge in [-0.25, -0.2) is 4.99 Å². The van der Waals surface area contributed by atoms with Crippen LogP contribution in [-0.4, -0.2) is 24.9 Å². The van der Waals surface area contributed by atoms with Gasteiger partial charge in [0.1, 0.15) is 30.5 Å². The summed E-state index contributed by atoms with van der Waals surface area (Å²) < 4.78 is 11.1. The molecule has 2 aromatic rings. The van der Waals surface area contributed by atoms with Crippen molar-refractivity contribution in [3.8, 4) is 11.5 Å². The fourth-order valence-electron chi connectivity index (χ4n) is 1.65. The molecule has 5 heteroatoms. The summed E-state index contributed by atoms with van der Waals surface area (Å²) >= 11 is 5.57. The van der Waals surface area contributed by atoms with Gasteiger partial charge in [0.05, 0.1) is 11.6 Å². The van der Waals surface area contributed by atoms with Crippen molar-refractivity contribution in [3.05, 3.63) is 54.6 Å². The monoisotopic (exact) mass is 304 g/mol. The van der Waals surface area contributed by atoms with Gasteiger partial charge in [0.25, 0.3) is 0 Å². The predicted octanol–water partition coefficient (Wildman–Crippen LogP) is 3.37. The van der Waals surface area contributed by atoms with Crippen molar-refractivity contribution in [1.82, 2.24) is 0 Å². The number of benzene rings is 2. The SMILES string of the molecule is NC(CCl)=Nc1ccc(OCCOc2ccccc2)cc1. The Morgan fingerprint density at radius 1 is 0.905 bits per heavy atom. The van der Waals surface area contributed by atoms with Crippen LogP contribution in [0.3, 0.4) is 0 Å². The summed E-state index contributed by atoms with van der Waals surface area (Å²) in [6.07, 6.45) is 0. The van der Waals surface area contributed by atoms with Crippen LogP contribution in [0.25, 0.3) is 0 Å². The molecule has 0 aliphatic heterocycles.